The molecule has 0 aliphatic carbocycles. The van der Waals surface area contributed by atoms with Gasteiger partial charge in [-0.1, -0.05) is 31.2 Å². The van der Waals surface area contributed by atoms with Crippen molar-refractivity contribution < 1.29 is 4.74 Å². The molecule has 164 valence electrons. The minimum absolute atomic E-state index is 0. The Labute approximate surface area is 193 Å². The summed E-state index contributed by atoms with van der Waals surface area (Å²) in [4.78, 5) is 9.60. The first-order valence-electron chi connectivity index (χ1n) is 10.8. The summed E-state index contributed by atoms with van der Waals surface area (Å²) in [6, 6.07) is 9.14. The van der Waals surface area contributed by atoms with Crippen molar-refractivity contribution in [3.8, 4) is 0 Å². The van der Waals surface area contributed by atoms with E-state index in [-0.39, 0.29) is 36.2 Å². The maximum atomic E-state index is 6.15. The molecule has 3 unspecified atom stereocenters. The zero-order valence-corrected chi connectivity index (χ0v) is 20.5. The first-order valence-corrected chi connectivity index (χ1v) is 10.8. The molecule has 2 saturated heterocycles. The fraction of sp³-hybridized carbons (Fsp3) is 0.682. The summed E-state index contributed by atoms with van der Waals surface area (Å²) in [6.45, 7) is 13.2. The summed E-state index contributed by atoms with van der Waals surface area (Å²) in [5, 5.41) is 3.33. The maximum absolute atomic E-state index is 6.15. The Morgan fingerprint density at radius 3 is 2.59 bits per heavy atom. The van der Waals surface area contributed by atoms with Crippen molar-refractivity contribution in [1.29, 1.82) is 0 Å². The Hall–Kier alpha value is -0.900. The number of morpholine rings is 1. The molecular weight excluding hydrogens is 477 g/mol. The molecule has 0 radical (unpaired) electrons. The van der Waals surface area contributed by atoms with E-state index in [1.807, 2.05) is 0 Å². The van der Waals surface area contributed by atoms with Crippen LogP contribution in [0.4, 0.5) is 0 Å². The molecule has 1 aromatic rings. The zero-order valence-electron chi connectivity index (χ0n) is 18.1. The first-order chi connectivity index (χ1) is 13.5. The standard InChI is InChI=1S/C22H37N5O.HI/c1-4-27-11-7-10-21(27)13-25-22(23)24-12-19-8-5-6-9-20(19)16-26-14-17(2)28-18(3)15-26;/h5-6,8-9,17-18,21H,4,7,10-16H2,1-3H3,(H3,23,24,25);1H. The molecule has 0 spiro atoms. The van der Waals surface area contributed by atoms with Gasteiger partial charge in [-0.3, -0.25) is 9.80 Å². The second-order valence-corrected chi connectivity index (χ2v) is 8.23. The zero-order chi connectivity index (χ0) is 19.9. The number of likely N-dealkylation sites (tertiary alicyclic amines) is 1. The molecule has 2 aliphatic rings. The summed E-state index contributed by atoms with van der Waals surface area (Å²) in [6.07, 6.45) is 3.09. The fourth-order valence-electron chi connectivity index (χ4n) is 4.51. The average Bonchev–Trinajstić information content (AvgIpc) is 3.12. The summed E-state index contributed by atoms with van der Waals surface area (Å²) in [5.74, 6) is 0.548. The number of ether oxygens (including phenoxy) is 1. The number of rotatable bonds is 7. The normalized spacial score (nSPS) is 26.3. The summed E-state index contributed by atoms with van der Waals surface area (Å²) in [5.41, 5.74) is 8.72. The molecule has 0 bridgehead atoms. The van der Waals surface area contributed by atoms with Gasteiger partial charge in [0.05, 0.1) is 18.8 Å². The molecule has 29 heavy (non-hydrogen) atoms. The predicted octanol–water partition coefficient (Wildman–Crippen LogP) is 2.80. The van der Waals surface area contributed by atoms with E-state index in [1.54, 1.807) is 0 Å². The van der Waals surface area contributed by atoms with E-state index >= 15 is 0 Å². The highest BCUT2D eigenvalue weighted by Crippen LogP contribution is 2.18. The van der Waals surface area contributed by atoms with Crippen LogP contribution in [-0.2, 0) is 17.8 Å². The van der Waals surface area contributed by atoms with Crippen LogP contribution in [0.5, 0.6) is 0 Å². The molecule has 1 aromatic carbocycles. The number of likely N-dealkylation sites (N-methyl/N-ethyl adjacent to an activating group) is 1. The summed E-state index contributed by atoms with van der Waals surface area (Å²) < 4.78 is 5.86. The number of aliphatic imine (C=N–C) groups is 1. The number of nitrogens with two attached hydrogens (primary N) is 1. The minimum Gasteiger partial charge on any atom is -0.373 e. The van der Waals surface area contributed by atoms with E-state index in [2.05, 4.69) is 65.1 Å². The Kier molecular flexibility index (Phi) is 10.1. The van der Waals surface area contributed by atoms with Crippen molar-refractivity contribution in [2.75, 3.05) is 32.7 Å². The molecule has 2 heterocycles. The molecular formula is C22H38IN5O. The average molecular weight is 515 g/mol. The second kappa shape index (κ2) is 12.1. The quantitative estimate of drug-likeness (QED) is 0.332. The highest BCUT2D eigenvalue weighted by atomic mass is 127. The van der Waals surface area contributed by atoms with Crippen molar-refractivity contribution in [3.63, 3.8) is 0 Å². The predicted molar refractivity (Wildman–Crippen MR) is 131 cm³/mol. The lowest BCUT2D eigenvalue weighted by atomic mass is 10.1. The van der Waals surface area contributed by atoms with E-state index < -0.39 is 0 Å². The molecule has 0 saturated carbocycles. The Bertz CT molecular complexity index is 646. The molecule has 7 heteroatoms. The fourth-order valence-corrected chi connectivity index (χ4v) is 4.51. The minimum atomic E-state index is 0. The molecule has 3 atom stereocenters. The van der Waals surface area contributed by atoms with Gasteiger partial charge < -0.3 is 15.8 Å². The highest BCUT2D eigenvalue weighted by molar-refractivity contribution is 14.0. The van der Waals surface area contributed by atoms with Crippen LogP contribution >= 0.6 is 24.0 Å². The van der Waals surface area contributed by atoms with Crippen LogP contribution in [0.3, 0.4) is 0 Å². The van der Waals surface area contributed by atoms with E-state index in [0.717, 1.165) is 32.7 Å². The van der Waals surface area contributed by atoms with Gasteiger partial charge in [0.2, 0.25) is 0 Å². The van der Waals surface area contributed by atoms with Crippen molar-refractivity contribution >= 4 is 29.9 Å². The number of hydrogen-bond acceptors (Lipinski definition) is 4. The third-order valence-electron chi connectivity index (χ3n) is 5.85. The monoisotopic (exact) mass is 515 g/mol. The molecule has 3 rings (SSSR count). The van der Waals surface area contributed by atoms with E-state index in [1.165, 1.54) is 30.5 Å². The second-order valence-electron chi connectivity index (χ2n) is 8.23. The van der Waals surface area contributed by atoms with Crippen LogP contribution in [0.25, 0.3) is 0 Å². The van der Waals surface area contributed by atoms with Crippen LogP contribution in [0.2, 0.25) is 0 Å². The maximum Gasteiger partial charge on any atom is 0.188 e. The lowest BCUT2D eigenvalue weighted by Crippen LogP contribution is -2.44. The topological polar surface area (TPSA) is 66.1 Å². The van der Waals surface area contributed by atoms with Crippen molar-refractivity contribution in [2.24, 2.45) is 10.7 Å². The Morgan fingerprint density at radius 1 is 1.21 bits per heavy atom. The number of hydrogen-bond donors (Lipinski definition) is 2. The number of nitrogens with one attached hydrogen (secondary N) is 1. The Morgan fingerprint density at radius 2 is 1.90 bits per heavy atom. The van der Waals surface area contributed by atoms with Crippen molar-refractivity contribution in [3.05, 3.63) is 35.4 Å². The van der Waals surface area contributed by atoms with Gasteiger partial charge in [0.25, 0.3) is 0 Å². The smallest absolute Gasteiger partial charge is 0.188 e. The number of nitrogens with zero attached hydrogens (tertiary/aromatic N) is 3. The van der Waals surface area contributed by atoms with E-state index in [0.29, 0.717) is 18.5 Å². The first kappa shape index (κ1) is 24.4. The van der Waals surface area contributed by atoms with Gasteiger partial charge in [0, 0.05) is 32.2 Å². The van der Waals surface area contributed by atoms with Gasteiger partial charge in [-0.05, 0) is 50.9 Å². The molecule has 0 amide bonds. The molecule has 0 aromatic heterocycles. The van der Waals surface area contributed by atoms with Gasteiger partial charge in [0.15, 0.2) is 5.96 Å². The molecule has 3 N–H and O–H groups in total. The summed E-state index contributed by atoms with van der Waals surface area (Å²) in [7, 11) is 0. The molecule has 2 aliphatic heterocycles. The van der Waals surface area contributed by atoms with Crippen molar-refractivity contribution in [2.45, 2.75) is 65.0 Å². The van der Waals surface area contributed by atoms with Gasteiger partial charge >= 0.3 is 0 Å². The third kappa shape index (κ3) is 7.38. The Balaban J connectivity index is 0.00000300. The highest BCUT2D eigenvalue weighted by Gasteiger charge is 2.23. The van der Waals surface area contributed by atoms with E-state index in [9.17, 15) is 0 Å². The van der Waals surface area contributed by atoms with E-state index in [4.69, 9.17) is 10.5 Å². The lowest BCUT2D eigenvalue weighted by Gasteiger charge is -2.35. The van der Waals surface area contributed by atoms with Crippen LogP contribution in [0.15, 0.2) is 29.3 Å². The van der Waals surface area contributed by atoms with Crippen LogP contribution in [-0.4, -0.2) is 66.7 Å². The molecule has 6 nitrogen and oxygen atoms in total. The van der Waals surface area contributed by atoms with Gasteiger partial charge in [0.1, 0.15) is 0 Å². The van der Waals surface area contributed by atoms with Crippen LogP contribution in [0.1, 0.15) is 44.7 Å². The van der Waals surface area contributed by atoms with Gasteiger partial charge in [-0.25, -0.2) is 4.99 Å². The van der Waals surface area contributed by atoms with Crippen LogP contribution < -0.4 is 11.1 Å². The number of halogens is 1. The summed E-state index contributed by atoms with van der Waals surface area (Å²) >= 11 is 0. The van der Waals surface area contributed by atoms with Gasteiger partial charge in [-0.15, -0.1) is 24.0 Å². The number of benzene rings is 1. The molecule has 2 fully saturated rings. The van der Waals surface area contributed by atoms with Crippen molar-refractivity contribution in [1.82, 2.24) is 15.1 Å². The van der Waals surface area contributed by atoms with Gasteiger partial charge in [-0.2, -0.15) is 0 Å². The number of guanidine groups is 1. The lowest BCUT2D eigenvalue weighted by molar-refractivity contribution is -0.0705. The largest absolute Gasteiger partial charge is 0.373 e. The van der Waals surface area contributed by atoms with Crippen LogP contribution in [0, 0.1) is 0 Å². The third-order valence-corrected chi connectivity index (χ3v) is 5.85. The SMILES string of the molecule is CCN1CCCC1CNC(N)=NCc1ccccc1CN1CC(C)OC(C)C1.I.